The molecule has 3 aromatic rings. The third kappa shape index (κ3) is 72.8. The number of cyclic esters (lactones) is 1. The molecule has 844 valence electrons. The van der Waals surface area contributed by atoms with Crippen LogP contribution in [-0.2, 0) is 71.9 Å². The summed E-state index contributed by atoms with van der Waals surface area (Å²) in [6, 6.07) is 26.5. The van der Waals surface area contributed by atoms with Gasteiger partial charge in [-0.15, -0.1) is 11.8 Å². The monoisotopic (exact) mass is 2150 g/mol. The number of aryl methyl sites for hydroxylation is 1. The Morgan fingerprint density at radius 2 is 0.953 bits per heavy atom. The van der Waals surface area contributed by atoms with Crippen molar-refractivity contribution >= 4 is 72.6 Å². The summed E-state index contributed by atoms with van der Waals surface area (Å²) in [5, 5.41) is 47.7. The van der Waals surface area contributed by atoms with Crippen molar-refractivity contribution in [3.8, 4) is 11.5 Å². The van der Waals surface area contributed by atoms with Crippen molar-refractivity contribution in [1.29, 1.82) is 0 Å². The van der Waals surface area contributed by atoms with Crippen LogP contribution >= 0.6 is 11.8 Å². The average molecular weight is 2150 g/mol. The highest BCUT2D eigenvalue weighted by atomic mass is 32.2. The third-order valence-electron chi connectivity index (χ3n) is 25.9. The Balaban J connectivity index is 0.000000211. The molecule has 18 fully saturated rings. The average Bonchev–Trinajstić information content (AvgIpc) is 1.80. The van der Waals surface area contributed by atoms with E-state index in [-0.39, 0.29) is 6.09 Å². The van der Waals surface area contributed by atoms with E-state index >= 15 is 0 Å². The topological polar surface area (TPSA) is 415 Å². The number of benzene rings is 3. The number of nitrogens with zero attached hydrogens (tertiary/aromatic N) is 4. The van der Waals surface area contributed by atoms with Gasteiger partial charge in [0.05, 0.1) is 81.9 Å². The molecule has 0 saturated carbocycles. The predicted octanol–water partition coefficient (Wildman–Crippen LogP) is 10.8. The van der Waals surface area contributed by atoms with E-state index in [2.05, 4.69) is 191 Å². The lowest BCUT2D eigenvalue weighted by Gasteiger charge is -2.39. The van der Waals surface area contributed by atoms with Crippen LogP contribution in [-0.4, -0.2) is 359 Å². The summed E-state index contributed by atoms with van der Waals surface area (Å²) in [7, 11) is -6.02. The van der Waals surface area contributed by atoms with E-state index in [0.717, 1.165) is 212 Å². The van der Waals surface area contributed by atoms with Crippen LogP contribution in [0.15, 0.2) is 130 Å². The number of morpholine rings is 1. The van der Waals surface area contributed by atoms with Crippen LogP contribution < -0.4 is 99.5 Å². The highest BCUT2D eigenvalue weighted by molar-refractivity contribution is 8.04. The van der Waals surface area contributed by atoms with Gasteiger partial charge in [-0.05, 0) is 278 Å². The van der Waals surface area contributed by atoms with E-state index in [1.165, 1.54) is 274 Å². The quantitative estimate of drug-likeness (QED) is 0.0734. The Labute approximate surface area is 898 Å². The normalized spacial score (nSPS) is 24.3. The number of epoxide rings is 1. The SMILES string of the molecule is C1=CCNC1.C1=CNCCC1.C1=CSC=CN1.C1=NCCN1.C1=NCCO1.C1CC2CCC1O2.C1CCN2CCCCC2C1.C1CCNC1.C1CCNCC1.C1CCNCC1.C1CCOC1.C1CN2CCC1NC2.C1CNNC1.C1CO1.C1COCCN1.O=C1NCCCO1.O=S1(=O)CCCCCN1.O=S1(=O)CCNCC1.O=S1CCNCC1.c1ccc2c(c1)CCCN2.c1ccc2c(c1)CCN2.c1ccc2c(c1)OCCO2. The number of sulfonamides is 1. The first-order valence-corrected chi connectivity index (χ1v) is 62.3. The molecule has 29 rings (SSSR count). The smallest absolute Gasteiger partial charge is 0.407 e. The molecule has 26 aliphatic heterocycles. The van der Waals surface area contributed by atoms with Gasteiger partial charge in [0.25, 0.3) is 0 Å². The maximum Gasteiger partial charge on any atom is 0.407 e. The summed E-state index contributed by atoms with van der Waals surface area (Å²) >= 11 is 1.67. The summed E-state index contributed by atoms with van der Waals surface area (Å²) in [5.74, 6) is 4.34. The lowest BCUT2D eigenvalue weighted by Crippen LogP contribution is -2.54. The maximum atomic E-state index is 10.8. The highest BCUT2D eigenvalue weighted by Crippen LogP contribution is 2.34. The minimum atomic E-state index is -2.87. The van der Waals surface area contributed by atoms with Gasteiger partial charge in [0.2, 0.25) is 10.0 Å². The number of sulfone groups is 1. The fourth-order valence-corrected chi connectivity index (χ4v) is 21.0. The Morgan fingerprint density at radius 3 is 1.28 bits per heavy atom. The third-order valence-corrected chi connectivity index (χ3v) is 30.9. The number of ether oxygens (including phenoxy) is 8. The van der Waals surface area contributed by atoms with Crippen molar-refractivity contribution in [3.63, 3.8) is 0 Å². The van der Waals surface area contributed by atoms with Gasteiger partial charge in [0, 0.05) is 196 Å². The Morgan fingerprint density at radius 1 is 0.399 bits per heavy atom. The number of carbonyl (C=O) groups excluding carboxylic acids is 1. The first-order valence-electron chi connectivity index (χ1n) is 56.4. The lowest BCUT2D eigenvalue weighted by atomic mass is 9.93. The summed E-state index contributed by atoms with van der Waals surface area (Å²) in [4.78, 5) is 22.9. The van der Waals surface area contributed by atoms with Crippen molar-refractivity contribution in [1.82, 2.24) is 89.2 Å². The van der Waals surface area contributed by atoms with Gasteiger partial charge < -0.3 is 117 Å². The number of hydrazine groups is 1. The molecule has 3 aromatic carbocycles. The van der Waals surface area contributed by atoms with Gasteiger partial charge in [-0.3, -0.25) is 29.9 Å². The molecule has 0 unspecified atom stereocenters. The summed E-state index contributed by atoms with van der Waals surface area (Å²) in [6.45, 7) is 39.8. The van der Waals surface area contributed by atoms with Crippen LogP contribution in [0.25, 0.3) is 0 Å². The van der Waals surface area contributed by atoms with Gasteiger partial charge in [-0.2, -0.15) is 0 Å². The molecule has 1 amide bonds. The number of alkyl carbamates (subject to hydrolysis) is 1. The highest BCUT2D eigenvalue weighted by Gasteiger charge is 2.32. The number of hydrogen-bond acceptors (Lipinski definition) is 34. The molecule has 4 bridgehead atoms. The first-order chi connectivity index (χ1) is 73.0. The molecule has 0 spiro atoms. The number of piperidine rings is 5. The minimum Gasteiger partial charge on any atom is -0.486 e. The summed E-state index contributed by atoms with van der Waals surface area (Å²) < 4.78 is 95.5. The minimum absolute atomic E-state index is 0.286. The van der Waals surface area contributed by atoms with E-state index in [0.29, 0.717) is 68.9 Å². The number of fused-ring (bicyclic) bond motifs is 9. The number of nitrogens with one attached hydrogen (secondary N) is 17. The summed E-state index contributed by atoms with van der Waals surface area (Å²) in [6.07, 6.45) is 58.5. The number of hydrogen-bond donors (Lipinski definition) is 17. The standard InChI is InChI=1S/C9H17N.C9H11N.C8H9N.C8H8O2.C6H12N2.C6H10O.C5H11NO2S.2C5H11N.C5H9N.C4H9NO2S.C4H7NO2.C4H9NOS.C4H9NO.C4H5NS.C4H9N.C4H7N.C4H8O.C3H6N2.C3H8N2.C3H5NO.C2H4O/c1-3-7-10-8-4-2-6-9(10)5-1;1-2-6-9-8(4-1)5-3-7-10-9;1-2-4-8-7(3-1)5-6-9-8;1-2-4-8-7(3-1)9-5-6-10-8;1-3-8-4-2-6(1)7-5-8;1-2-6-4-3-5(1)7-6;7-9(8)5-3-1-2-4-6-9;3*1-2-4-6-5-3-1;6-8(7)3-1-5-2-4-8;6-4-5-2-1-3-7-4;6-7-3-1-5-2-4-7;2*1-3-6-4-2-5-1;3*1-2-4-5-3-1;1-2-5-3-4-1;1-2-4-5-3-1;1-2-5-3-4-1;1-2-3-1/h9H,1-8H2;1-2,4,6,10H,3,5,7H2;1-4,9H,5-6H2;1-4H,5-6H2;6-7H,1-5H2;5-6H,1-4H2;6H,1-5H2;2*6H,1-5H2;2,4,6H,1,3,5H2;5H,1-4H2;1-3H2,(H,5,6);5H,1-4H2;5H,1-4H2;1-5H;5H,1-4H2;1-2,5H,3-4H2;1-4H2;3H,1-2H2,(H,4,5);4-5H,1-3H2;3H,1-2H2;1-2H2. The molecule has 0 aliphatic carbocycles. The van der Waals surface area contributed by atoms with Crippen LogP contribution in [0.3, 0.4) is 0 Å². The largest absolute Gasteiger partial charge is 0.486 e. The molecule has 35 nitrogen and oxygen atoms in total. The van der Waals surface area contributed by atoms with Crippen molar-refractivity contribution < 1.29 is 63.7 Å². The van der Waals surface area contributed by atoms with Crippen LogP contribution in [0, 0.1) is 0 Å². The van der Waals surface area contributed by atoms with E-state index in [9.17, 15) is 25.8 Å². The van der Waals surface area contributed by atoms with Crippen LogP contribution in [0.2, 0.25) is 0 Å². The fraction of sp³-hybridized carbons (Fsp3) is 0.734. The number of amides is 1. The number of rotatable bonds is 0. The zero-order valence-electron chi connectivity index (χ0n) is 89.9. The van der Waals surface area contributed by atoms with Crippen molar-refractivity contribution in [2.45, 2.75) is 230 Å². The zero-order chi connectivity index (χ0) is 104. The van der Waals surface area contributed by atoms with Crippen molar-refractivity contribution in [2.24, 2.45) is 9.98 Å². The molecule has 148 heavy (non-hydrogen) atoms. The second-order valence-corrected chi connectivity index (χ2v) is 45.1. The van der Waals surface area contributed by atoms with Crippen LogP contribution in [0.1, 0.15) is 204 Å². The summed E-state index contributed by atoms with van der Waals surface area (Å²) in [5.41, 5.74) is 11.5. The van der Waals surface area contributed by atoms with E-state index in [1.54, 1.807) is 18.1 Å². The van der Waals surface area contributed by atoms with E-state index in [4.69, 9.17) is 23.7 Å². The molecule has 26 aliphatic rings. The number of aliphatic imine (C=N–C) groups is 2. The Kier molecular flexibility index (Phi) is 78.6. The van der Waals surface area contributed by atoms with Crippen molar-refractivity contribution in [3.05, 3.63) is 132 Å². The number of carbonyl (C=O) groups is 1. The number of thioether (sulfide) groups is 1. The molecule has 0 atom stereocenters. The van der Waals surface area contributed by atoms with Crippen molar-refractivity contribution in [2.75, 3.05) is 295 Å². The van der Waals surface area contributed by atoms with Gasteiger partial charge >= 0.3 is 6.09 Å². The fourth-order valence-electron chi connectivity index (χ4n) is 17.3. The lowest BCUT2D eigenvalue weighted by molar-refractivity contribution is 0.105. The molecular weight excluding hydrogens is 1960 g/mol. The van der Waals surface area contributed by atoms with Crippen LogP contribution in [0.4, 0.5) is 16.2 Å². The molecule has 17 N–H and O–H groups in total. The van der Waals surface area contributed by atoms with Gasteiger partial charge in [0.1, 0.15) is 19.8 Å². The van der Waals surface area contributed by atoms with Gasteiger partial charge in [-0.1, -0.05) is 98.9 Å². The van der Waals surface area contributed by atoms with E-state index in [1.807, 2.05) is 53.7 Å². The first kappa shape index (κ1) is 128. The molecule has 0 radical (unpaired) electrons. The number of para-hydroxylation sites is 4. The predicted molar refractivity (Wildman–Crippen MR) is 613 cm³/mol. The molecule has 18 saturated heterocycles. The van der Waals surface area contributed by atoms with Crippen LogP contribution in [0.5, 0.6) is 11.5 Å². The second kappa shape index (κ2) is 90.7. The number of anilines is 2. The Bertz CT molecular complexity index is 3670. The van der Waals surface area contributed by atoms with Gasteiger partial charge in [0.15, 0.2) is 27.7 Å². The van der Waals surface area contributed by atoms with E-state index < -0.39 is 30.7 Å². The Hall–Kier alpha value is -6.65. The molecular formula is C109H195N21O14S4. The van der Waals surface area contributed by atoms with Gasteiger partial charge in [-0.25, -0.2) is 26.4 Å². The maximum absolute atomic E-state index is 10.8. The molecule has 26 heterocycles. The molecule has 0 aromatic heterocycles. The second-order valence-electron chi connectivity index (χ2n) is 38.3. The number of allylic oxidation sites excluding steroid dienone is 1. The molecule has 39 heteroatoms. The zero-order valence-corrected chi connectivity index (χ0v) is 93.2.